The quantitative estimate of drug-likeness (QED) is 0.659. The molecule has 0 atom stereocenters. The summed E-state index contributed by atoms with van der Waals surface area (Å²) < 4.78 is 30.1. The SMILES string of the molecule is O=C(NCCc1ccc(OC(F)F)cc1)c1ccn(-c2cccc(Cl)c2)n1. The fraction of sp³-hybridized carbons (Fsp3) is 0.158. The molecule has 2 aromatic carbocycles. The van der Waals surface area contributed by atoms with E-state index in [1.807, 2.05) is 6.07 Å². The van der Waals surface area contributed by atoms with Crippen molar-refractivity contribution in [3.8, 4) is 11.4 Å². The Hall–Kier alpha value is -2.93. The number of alkyl halides is 2. The lowest BCUT2D eigenvalue weighted by molar-refractivity contribution is -0.0498. The topological polar surface area (TPSA) is 56.1 Å². The van der Waals surface area contributed by atoms with Gasteiger partial charge in [-0.15, -0.1) is 0 Å². The molecule has 1 N–H and O–H groups in total. The molecular formula is C19H16ClF2N3O2. The van der Waals surface area contributed by atoms with Gasteiger partial charge in [0, 0.05) is 17.8 Å². The van der Waals surface area contributed by atoms with Crippen molar-refractivity contribution in [1.29, 1.82) is 0 Å². The molecule has 0 unspecified atom stereocenters. The first-order chi connectivity index (χ1) is 13.0. The van der Waals surface area contributed by atoms with Gasteiger partial charge in [-0.25, -0.2) is 4.68 Å². The number of aromatic nitrogens is 2. The Kier molecular flexibility index (Phi) is 6.03. The summed E-state index contributed by atoms with van der Waals surface area (Å²) in [5.74, 6) is -0.197. The maximum atomic E-state index is 12.2. The molecule has 0 aliphatic carbocycles. The van der Waals surface area contributed by atoms with Gasteiger partial charge in [-0.05, 0) is 48.4 Å². The van der Waals surface area contributed by atoms with Crippen LogP contribution in [0.1, 0.15) is 16.1 Å². The van der Waals surface area contributed by atoms with Crippen LogP contribution in [0.25, 0.3) is 5.69 Å². The molecule has 5 nitrogen and oxygen atoms in total. The maximum Gasteiger partial charge on any atom is 0.387 e. The van der Waals surface area contributed by atoms with Crippen LogP contribution in [0, 0.1) is 0 Å². The lowest BCUT2D eigenvalue weighted by Gasteiger charge is -2.06. The van der Waals surface area contributed by atoms with Crippen molar-refractivity contribution in [2.45, 2.75) is 13.0 Å². The molecular weight excluding hydrogens is 376 g/mol. The van der Waals surface area contributed by atoms with Crippen molar-refractivity contribution < 1.29 is 18.3 Å². The van der Waals surface area contributed by atoms with Gasteiger partial charge in [-0.3, -0.25) is 4.79 Å². The van der Waals surface area contributed by atoms with Crippen LogP contribution in [0.2, 0.25) is 5.02 Å². The molecule has 0 bridgehead atoms. The zero-order valence-corrected chi connectivity index (χ0v) is 14.9. The fourth-order valence-electron chi connectivity index (χ4n) is 2.46. The van der Waals surface area contributed by atoms with E-state index in [0.717, 1.165) is 11.3 Å². The van der Waals surface area contributed by atoms with E-state index in [-0.39, 0.29) is 17.4 Å². The summed E-state index contributed by atoms with van der Waals surface area (Å²) in [5.41, 5.74) is 1.93. The number of carbonyl (C=O) groups is 1. The molecule has 1 aromatic heterocycles. The average molecular weight is 392 g/mol. The number of rotatable bonds is 7. The third-order valence-corrected chi connectivity index (χ3v) is 3.98. The normalized spacial score (nSPS) is 10.8. The Balaban J connectivity index is 1.52. The van der Waals surface area contributed by atoms with Gasteiger partial charge in [-0.1, -0.05) is 29.8 Å². The highest BCUT2D eigenvalue weighted by Gasteiger charge is 2.10. The van der Waals surface area contributed by atoms with E-state index >= 15 is 0 Å². The number of amides is 1. The molecule has 3 aromatic rings. The van der Waals surface area contributed by atoms with E-state index in [0.29, 0.717) is 18.0 Å². The first-order valence-electron chi connectivity index (χ1n) is 8.15. The highest BCUT2D eigenvalue weighted by molar-refractivity contribution is 6.30. The van der Waals surface area contributed by atoms with E-state index in [9.17, 15) is 13.6 Å². The maximum absolute atomic E-state index is 12.2. The summed E-state index contributed by atoms with van der Waals surface area (Å²) in [5, 5.41) is 7.61. The molecule has 1 amide bonds. The van der Waals surface area contributed by atoms with Crippen molar-refractivity contribution >= 4 is 17.5 Å². The van der Waals surface area contributed by atoms with Crippen molar-refractivity contribution in [1.82, 2.24) is 15.1 Å². The van der Waals surface area contributed by atoms with E-state index in [2.05, 4.69) is 15.2 Å². The Morgan fingerprint density at radius 1 is 1.19 bits per heavy atom. The first-order valence-corrected chi connectivity index (χ1v) is 8.52. The van der Waals surface area contributed by atoms with Crippen molar-refractivity contribution in [2.24, 2.45) is 0 Å². The number of hydrogen-bond acceptors (Lipinski definition) is 3. The third-order valence-electron chi connectivity index (χ3n) is 3.74. The Morgan fingerprint density at radius 3 is 2.67 bits per heavy atom. The van der Waals surface area contributed by atoms with E-state index in [1.165, 1.54) is 12.1 Å². The number of hydrogen-bond donors (Lipinski definition) is 1. The summed E-state index contributed by atoms with van der Waals surface area (Å²) in [4.78, 5) is 12.2. The second kappa shape index (κ2) is 8.64. The van der Waals surface area contributed by atoms with E-state index < -0.39 is 6.61 Å². The Labute approximate surface area is 159 Å². The van der Waals surface area contributed by atoms with Crippen LogP contribution < -0.4 is 10.1 Å². The van der Waals surface area contributed by atoms with Crippen LogP contribution in [-0.2, 0) is 6.42 Å². The summed E-state index contributed by atoms with van der Waals surface area (Å²) in [6, 6.07) is 15.1. The van der Waals surface area contributed by atoms with Gasteiger partial charge in [0.2, 0.25) is 0 Å². The van der Waals surface area contributed by atoms with Gasteiger partial charge in [0.15, 0.2) is 5.69 Å². The van der Waals surface area contributed by atoms with Gasteiger partial charge in [0.05, 0.1) is 5.69 Å². The predicted molar refractivity (Wildman–Crippen MR) is 97.7 cm³/mol. The summed E-state index contributed by atoms with van der Waals surface area (Å²) in [7, 11) is 0. The summed E-state index contributed by atoms with van der Waals surface area (Å²) >= 11 is 5.96. The number of nitrogens with one attached hydrogen (secondary N) is 1. The molecule has 0 radical (unpaired) electrons. The second-order valence-corrected chi connectivity index (χ2v) is 6.09. The lowest BCUT2D eigenvalue weighted by Crippen LogP contribution is -2.26. The molecule has 140 valence electrons. The Bertz CT molecular complexity index is 913. The molecule has 0 saturated carbocycles. The van der Waals surface area contributed by atoms with Crippen molar-refractivity contribution in [3.05, 3.63) is 77.1 Å². The smallest absolute Gasteiger partial charge is 0.387 e. The molecule has 0 aliphatic rings. The minimum atomic E-state index is -2.85. The number of nitrogens with zero attached hydrogens (tertiary/aromatic N) is 2. The standard InChI is InChI=1S/C19H16ClF2N3O2/c20-14-2-1-3-15(12-14)25-11-9-17(24-25)18(26)23-10-8-13-4-6-16(7-5-13)27-19(21)22/h1-7,9,11-12,19H,8,10H2,(H,23,26). The lowest BCUT2D eigenvalue weighted by atomic mass is 10.1. The first kappa shape index (κ1) is 18.8. The van der Waals surface area contributed by atoms with E-state index in [1.54, 1.807) is 47.3 Å². The van der Waals surface area contributed by atoms with Gasteiger partial charge < -0.3 is 10.1 Å². The average Bonchev–Trinajstić information content (AvgIpc) is 3.13. The minimum absolute atomic E-state index is 0.101. The third kappa shape index (κ3) is 5.27. The summed E-state index contributed by atoms with van der Waals surface area (Å²) in [6.07, 6.45) is 2.23. The molecule has 1 heterocycles. The number of halogens is 3. The van der Waals surface area contributed by atoms with E-state index in [4.69, 9.17) is 11.6 Å². The molecule has 8 heteroatoms. The highest BCUT2D eigenvalue weighted by atomic mass is 35.5. The molecule has 0 saturated heterocycles. The molecule has 3 rings (SSSR count). The van der Waals surface area contributed by atoms with Crippen LogP contribution in [0.5, 0.6) is 5.75 Å². The van der Waals surface area contributed by atoms with Crippen LogP contribution in [-0.4, -0.2) is 28.8 Å². The molecule has 0 aliphatic heterocycles. The van der Waals surface area contributed by atoms with Crippen LogP contribution in [0.3, 0.4) is 0 Å². The van der Waals surface area contributed by atoms with Crippen LogP contribution in [0.15, 0.2) is 60.8 Å². The van der Waals surface area contributed by atoms with Gasteiger partial charge >= 0.3 is 6.61 Å². The van der Waals surface area contributed by atoms with Crippen molar-refractivity contribution in [3.63, 3.8) is 0 Å². The predicted octanol–water partition coefficient (Wildman–Crippen LogP) is 4.10. The minimum Gasteiger partial charge on any atom is -0.435 e. The van der Waals surface area contributed by atoms with Gasteiger partial charge in [0.1, 0.15) is 5.75 Å². The fourth-order valence-corrected chi connectivity index (χ4v) is 2.64. The second-order valence-electron chi connectivity index (χ2n) is 5.65. The zero-order chi connectivity index (χ0) is 19.2. The monoisotopic (exact) mass is 391 g/mol. The zero-order valence-electron chi connectivity index (χ0n) is 14.1. The summed E-state index contributed by atoms with van der Waals surface area (Å²) in [6.45, 7) is -2.46. The molecule has 0 spiro atoms. The number of ether oxygens (including phenoxy) is 1. The van der Waals surface area contributed by atoms with Crippen LogP contribution in [0.4, 0.5) is 8.78 Å². The largest absolute Gasteiger partial charge is 0.435 e. The molecule has 27 heavy (non-hydrogen) atoms. The van der Waals surface area contributed by atoms with Gasteiger partial charge in [0.25, 0.3) is 5.91 Å². The van der Waals surface area contributed by atoms with Crippen LogP contribution >= 0.6 is 11.6 Å². The van der Waals surface area contributed by atoms with Gasteiger partial charge in [-0.2, -0.15) is 13.9 Å². The number of benzene rings is 2. The highest BCUT2D eigenvalue weighted by Crippen LogP contribution is 2.16. The Morgan fingerprint density at radius 2 is 1.96 bits per heavy atom. The number of carbonyl (C=O) groups excluding carboxylic acids is 1. The van der Waals surface area contributed by atoms with Crippen molar-refractivity contribution in [2.75, 3.05) is 6.54 Å². The molecule has 0 fully saturated rings.